The Kier molecular flexibility index (Phi) is 5.29. The normalized spacial score (nSPS) is 13.6. The molecule has 1 aliphatic rings. The molecule has 0 spiro atoms. The summed E-state index contributed by atoms with van der Waals surface area (Å²) in [5.41, 5.74) is 7.25. The van der Waals surface area contributed by atoms with Crippen LogP contribution in [0.25, 0.3) is 0 Å². The lowest BCUT2D eigenvalue weighted by atomic mass is 10.0. The predicted molar refractivity (Wildman–Crippen MR) is 81.6 cm³/mol. The highest BCUT2D eigenvalue weighted by molar-refractivity contribution is 7.99. The first-order chi connectivity index (χ1) is 9.70. The Morgan fingerprint density at radius 3 is 2.80 bits per heavy atom. The van der Waals surface area contributed by atoms with Crippen molar-refractivity contribution in [1.82, 2.24) is 10.9 Å². The molecule has 0 aliphatic carbocycles. The molecule has 0 radical (unpaired) electrons. The van der Waals surface area contributed by atoms with Gasteiger partial charge >= 0.3 is 0 Å². The zero-order chi connectivity index (χ0) is 14.4. The molecule has 0 bridgehead atoms. The molecule has 0 atom stereocenters. The van der Waals surface area contributed by atoms with E-state index >= 15 is 0 Å². The third-order valence-corrected chi connectivity index (χ3v) is 3.71. The van der Waals surface area contributed by atoms with E-state index in [1.807, 2.05) is 24.5 Å². The van der Waals surface area contributed by atoms with Crippen LogP contribution in [-0.4, -0.2) is 36.9 Å². The maximum atomic E-state index is 11.9. The first kappa shape index (κ1) is 14.7. The maximum absolute atomic E-state index is 11.9. The summed E-state index contributed by atoms with van der Waals surface area (Å²) in [4.78, 5) is 25.2. The molecule has 0 saturated heterocycles. The van der Waals surface area contributed by atoms with Gasteiger partial charge in [0.25, 0.3) is 5.91 Å². The topological polar surface area (TPSA) is 61.4 Å². The molecule has 1 aromatic rings. The second-order valence-corrected chi connectivity index (χ2v) is 5.55. The molecule has 2 amide bonds. The van der Waals surface area contributed by atoms with E-state index in [0.717, 1.165) is 25.1 Å². The molecule has 5 nitrogen and oxygen atoms in total. The van der Waals surface area contributed by atoms with Gasteiger partial charge in [0, 0.05) is 12.2 Å². The summed E-state index contributed by atoms with van der Waals surface area (Å²) in [5.74, 6) is -0.0478. The monoisotopic (exact) mass is 293 g/mol. The Balaban J connectivity index is 1.88. The number of hydrogen-bond acceptors (Lipinski definition) is 4. The van der Waals surface area contributed by atoms with Crippen LogP contribution in [0, 0.1) is 0 Å². The van der Waals surface area contributed by atoms with Gasteiger partial charge in [0.05, 0.1) is 12.3 Å². The Bertz CT molecular complexity index is 493. The third kappa shape index (κ3) is 3.90. The zero-order valence-corrected chi connectivity index (χ0v) is 12.3. The minimum absolute atomic E-state index is 0.190. The number of hydrogen-bond donors (Lipinski definition) is 2. The van der Waals surface area contributed by atoms with E-state index in [2.05, 4.69) is 21.8 Å². The standard InChI is InChI=1S/C14H19N3O2S/c1-20-10-14(19)16-15-13(18)9-17-8-4-6-11-5-2-3-7-12(11)17/h2-3,5,7H,4,6,8-10H2,1H3,(H,15,18)(H,16,19). The average Bonchev–Trinajstić information content (AvgIpc) is 2.46. The number of amides is 2. The van der Waals surface area contributed by atoms with Gasteiger partial charge in [-0.2, -0.15) is 11.8 Å². The second-order valence-electron chi connectivity index (χ2n) is 4.68. The smallest absolute Gasteiger partial charge is 0.257 e. The summed E-state index contributed by atoms with van der Waals surface area (Å²) < 4.78 is 0. The molecule has 1 heterocycles. The number of anilines is 1. The highest BCUT2D eigenvalue weighted by Crippen LogP contribution is 2.25. The summed E-state index contributed by atoms with van der Waals surface area (Å²) >= 11 is 1.41. The predicted octanol–water partition coefficient (Wildman–Crippen LogP) is 0.950. The van der Waals surface area contributed by atoms with Gasteiger partial charge in [-0.1, -0.05) is 18.2 Å². The molecule has 0 fully saturated rings. The first-order valence-electron chi connectivity index (χ1n) is 6.60. The highest BCUT2D eigenvalue weighted by atomic mass is 32.2. The van der Waals surface area contributed by atoms with Crippen LogP contribution in [0.3, 0.4) is 0 Å². The van der Waals surface area contributed by atoms with Crippen molar-refractivity contribution in [2.45, 2.75) is 12.8 Å². The van der Waals surface area contributed by atoms with Crippen LogP contribution in [0.5, 0.6) is 0 Å². The van der Waals surface area contributed by atoms with E-state index in [1.54, 1.807) is 0 Å². The van der Waals surface area contributed by atoms with Crippen molar-refractivity contribution in [2.75, 3.05) is 30.0 Å². The SMILES string of the molecule is CSCC(=O)NNC(=O)CN1CCCc2ccccc21. The fraction of sp³-hybridized carbons (Fsp3) is 0.429. The third-order valence-electron chi connectivity index (χ3n) is 3.16. The highest BCUT2D eigenvalue weighted by Gasteiger charge is 2.18. The number of rotatable bonds is 4. The summed E-state index contributed by atoms with van der Waals surface area (Å²) in [5, 5.41) is 0. The summed E-state index contributed by atoms with van der Waals surface area (Å²) in [6.07, 6.45) is 3.94. The van der Waals surface area contributed by atoms with Crippen molar-refractivity contribution in [3.63, 3.8) is 0 Å². The van der Waals surface area contributed by atoms with E-state index in [9.17, 15) is 9.59 Å². The minimum Gasteiger partial charge on any atom is -0.362 e. The lowest BCUT2D eigenvalue weighted by molar-refractivity contribution is -0.126. The lowest BCUT2D eigenvalue weighted by Crippen LogP contribution is -2.47. The van der Waals surface area contributed by atoms with Gasteiger partial charge in [-0.3, -0.25) is 20.4 Å². The fourth-order valence-corrected chi connectivity index (χ4v) is 2.63. The van der Waals surface area contributed by atoms with Crippen LogP contribution in [0.15, 0.2) is 24.3 Å². The van der Waals surface area contributed by atoms with Gasteiger partial charge < -0.3 is 4.90 Å². The van der Waals surface area contributed by atoms with Gasteiger partial charge in [-0.15, -0.1) is 0 Å². The molecule has 0 saturated carbocycles. The lowest BCUT2D eigenvalue weighted by Gasteiger charge is -2.30. The van der Waals surface area contributed by atoms with E-state index in [-0.39, 0.29) is 18.4 Å². The number of benzene rings is 1. The van der Waals surface area contributed by atoms with Crippen molar-refractivity contribution in [3.05, 3.63) is 29.8 Å². The summed E-state index contributed by atoms with van der Waals surface area (Å²) in [6, 6.07) is 8.13. The number of nitrogens with zero attached hydrogens (tertiary/aromatic N) is 1. The maximum Gasteiger partial charge on any atom is 0.257 e. The largest absolute Gasteiger partial charge is 0.362 e. The average molecular weight is 293 g/mol. The van der Waals surface area contributed by atoms with E-state index in [4.69, 9.17) is 0 Å². The summed E-state index contributed by atoms with van der Waals surface area (Å²) in [6.45, 7) is 1.12. The van der Waals surface area contributed by atoms with Crippen molar-refractivity contribution >= 4 is 29.3 Å². The number of para-hydroxylation sites is 1. The number of nitrogens with one attached hydrogen (secondary N) is 2. The minimum atomic E-state index is -0.198. The van der Waals surface area contributed by atoms with Crippen molar-refractivity contribution < 1.29 is 9.59 Å². The molecule has 0 unspecified atom stereocenters. The van der Waals surface area contributed by atoms with Crippen molar-refractivity contribution in [3.8, 4) is 0 Å². The van der Waals surface area contributed by atoms with E-state index < -0.39 is 0 Å². The molecule has 0 aromatic heterocycles. The Morgan fingerprint density at radius 2 is 2.00 bits per heavy atom. The Labute approximate surface area is 123 Å². The number of carbonyl (C=O) groups excluding carboxylic acids is 2. The molecule has 6 heteroatoms. The van der Waals surface area contributed by atoms with Crippen LogP contribution in [0.2, 0.25) is 0 Å². The van der Waals surface area contributed by atoms with E-state index in [1.165, 1.54) is 17.3 Å². The van der Waals surface area contributed by atoms with E-state index in [0.29, 0.717) is 5.75 Å². The van der Waals surface area contributed by atoms with Gasteiger partial charge in [-0.25, -0.2) is 0 Å². The molecular weight excluding hydrogens is 274 g/mol. The number of fused-ring (bicyclic) bond motifs is 1. The number of thioether (sulfide) groups is 1. The molecular formula is C14H19N3O2S. The quantitative estimate of drug-likeness (QED) is 0.812. The molecule has 1 aromatic carbocycles. The molecule has 1 aliphatic heterocycles. The second kappa shape index (κ2) is 7.19. The van der Waals surface area contributed by atoms with Crippen LogP contribution >= 0.6 is 11.8 Å². The van der Waals surface area contributed by atoms with Crippen LogP contribution < -0.4 is 15.8 Å². The van der Waals surface area contributed by atoms with Crippen LogP contribution in [-0.2, 0) is 16.0 Å². The van der Waals surface area contributed by atoms with Gasteiger partial charge in [0.1, 0.15) is 0 Å². The fourth-order valence-electron chi connectivity index (χ4n) is 2.30. The van der Waals surface area contributed by atoms with Gasteiger partial charge in [-0.05, 0) is 30.7 Å². The zero-order valence-electron chi connectivity index (χ0n) is 11.5. The summed E-state index contributed by atoms with van der Waals surface area (Å²) in [7, 11) is 0. The first-order valence-corrected chi connectivity index (χ1v) is 7.99. The Hall–Kier alpha value is -1.69. The number of aryl methyl sites for hydroxylation is 1. The number of carbonyl (C=O) groups is 2. The Morgan fingerprint density at radius 1 is 1.25 bits per heavy atom. The van der Waals surface area contributed by atoms with Crippen molar-refractivity contribution in [2.24, 2.45) is 0 Å². The molecule has 2 N–H and O–H groups in total. The van der Waals surface area contributed by atoms with Crippen molar-refractivity contribution in [1.29, 1.82) is 0 Å². The molecule has 20 heavy (non-hydrogen) atoms. The van der Waals surface area contributed by atoms with Gasteiger partial charge in [0.15, 0.2) is 0 Å². The van der Waals surface area contributed by atoms with Gasteiger partial charge in [0.2, 0.25) is 5.91 Å². The van der Waals surface area contributed by atoms with Crippen LogP contribution in [0.1, 0.15) is 12.0 Å². The number of hydrazine groups is 1. The molecule has 108 valence electrons. The molecule has 2 rings (SSSR count). The van der Waals surface area contributed by atoms with Crippen LogP contribution in [0.4, 0.5) is 5.69 Å².